The Bertz CT molecular complexity index is 1380. The van der Waals surface area contributed by atoms with E-state index < -0.39 is 29.5 Å². The number of benzene rings is 2. The van der Waals surface area contributed by atoms with E-state index in [1.807, 2.05) is 0 Å². The van der Waals surface area contributed by atoms with Gasteiger partial charge in [0.05, 0.1) is 6.04 Å². The molecule has 0 unspecified atom stereocenters. The molecule has 0 amide bonds. The fourth-order valence-electron chi connectivity index (χ4n) is 4.27. The minimum Gasteiger partial charge on any atom is -0.491 e. The third kappa shape index (κ3) is 4.24. The highest BCUT2D eigenvalue weighted by Crippen LogP contribution is 2.43. The van der Waals surface area contributed by atoms with Gasteiger partial charge in [-0.05, 0) is 31.4 Å². The van der Waals surface area contributed by atoms with Gasteiger partial charge in [0.1, 0.15) is 29.7 Å². The van der Waals surface area contributed by atoms with Gasteiger partial charge in [-0.1, -0.05) is 52.8 Å². The van der Waals surface area contributed by atoms with Crippen molar-refractivity contribution >= 4 is 0 Å². The number of hydrogen-bond donors (Lipinski definition) is 2. The van der Waals surface area contributed by atoms with Crippen LogP contribution in [0.5, 0.6) is 5.75 Å². The van der Waals surface area contributed by atoms with Crippen LogP contribution in [0.25, 0.3) is 34.3 Å². The lowest BCUT2D eigenvalue weighted by Crippen LogP contribution is -2.43. The maximum absolute atomic E-state index is 14.0. The van der Waals surface area contributed by atoms with Gasteiger partial charge in [-0.3, -0.25) is 0 Å². The zero-order valence-electron chi connectivity index (χ0n) is 18.8. The van der Waals surface area contributed by atoms with Gasteiger partial charge in [0.25, 0.3) is 5.89 Å². The third-order valence-corrected chi connectivity index (χ3v) is 6.40. The van der Waals surface area contributed by atoms with Crippen LogP contribution in [0.4, 0.5) is 13.2 Å². The number of nitrogens with zero attached hydrogens (tertiary/aromatic N) is 3. The molecule has 2 aromatic heterocycles. The Morgan fingerprint density at radius 1 is 1.00 bits per heavy atom. The molecule has 11 heteroatoms. The Kier molecular flexibility index (Phi) is 5.53. The van der Waals surface area contributed by atoms with Crippen LogP contribution >= 0.6 is 0 Å². The number of rotatable bonds is 6. The van der Waals surface area contributed by atoms with Crippen molar-refractivity contribution in [2.24, 2.45) is 5.92 Å². The quantitative estimate of drug-likeness (QED) is 0.388. The molecule has 2 aliphatic rings. The molecule has 1 fully saturated rings. The van der Waals surface area contributed by atoms with Gasteiger partial charge in [0.2, 0.25) is 11.6 Å². The molecule has 3 heterocycles. The first kappa shape index (κ1) is 22.7. The van der Waals surface area contributed by atoms with E-state index in [4.69, 9.17) is 13.8 Å². The minimum absolute atomic E-state index is 0.0469. The summed E-state index contributed by atoms with van der Waals surface area (Å²) >= 11 is 0. The van der Waals surface area contributed by atoms with Gasteiger partial charge in [0.15, 0.2) is 0 Å². The molecule has 186 valence electrons. The van der Waals surface area contributed by atoms with E-state index in [9.17, 15) is 18.3 Å². The summed E-state index contributed by atoms with van der Waals surface area (Å²) in [6.45, 7) is 1.13. The molecule has 2 atom stereocenters. The van der Waals surface area contributed by atoms with Crippen molar-refractivity contribution in [3.8, 4) is 40.0 Å². The Hall–Kier alpha value is -3.70. The zero-order valence-corrected chi connectivity index (χ0v) is 18.8. The lowest BCUT2D eigenvalue weighted by Gasteiger charge is -2.31. The number of aliphatic hydroxyl groups is 1. The second kappa shape index (κ2) is 8.75. The van der Waals surface area contributed by atoms with Crippen LogP contribution in [0, 0.1) is 5.92 Å². The van der Waals surface area contributed by atoms with Crippen molar-refractivity contribution in [2.45, 2.75) is 31.2 Å². The number of hydrogen-bond acceptors (Lipinski definition) is 8. The lowest BCUT2D eigenvalue weighted by atomic mass is 9.97. The van der Waals surface area contributed by atoms with Crippen molar-refractivity contribution in [1.82, 2.24) is 20.6 Å². The van der Waals surface area contributed by atoms with Crippen molar-refractivity contribution in [3.63, 3.8) is 0 Å². The largest absolute Gasteiger partial charge is 0.491 e. The van der Waals surface area contributed by atoms with Gasteiger partial charge in [-0.15, -0.1) is 0 Å². The molecule has 36 heavy (non-hydrogen) atoms. The molecule has 0 saturated heterocycles. The van der Waals surface area contributed by atoms with Crippen LogP contribution in [0.2, 0.25) is 0 Å². The second-order valence-electron chi connectivity index (χ2n) is 8.99. The number of alkyl halides is 3. The molecule has 0 radical (unpaired) electrons. The number of halogens is 3. The Labute approximate surface area is 203 Å². The average molecular weight is 498 g/mol. The number of aliphatic hydroxyl groups excluding tert-OH is 1. The molecule has 8 nitrogen and oxygen atoms in total. The summed E-state index contributed by atoms with van der Waals surface area (Å²) in [5, 5.41) is 21.6. The average Bonchev–Trinajstić information content (AvgIpc) is 3.37. The first-order valence-electron chi connectivity index (χ1n) is 11.5. The molecular weight excluding hydrogens is 477 g/mol. The highest BCUT2D eigenvalue weighted by molar-refractivity contribution is 5.71. The smallest absolute Gasteiger partial charge is 0.422 e. The van der Waals surface area contributed by atoms with Crippen LogP contribution in [0.3, 0.4) is 0 Å². The van der Waals surface area contributed by atoms with E-state index in [-0.39, 0.29) is 29.7 Å². The predicted octanol–water partition coefficient (Wildman–Crippen LogP) is 4.87. The summed E-state index contributed by atoms with van der Waals surface area (Å²) in [5.41, 5.74) is -0.139. The summed E-state index contributed by atoms with van der Waals surface area (Å²) in [5.74, 6) is 0.0622. The van der Waals surface area contributed by atoms with E-state index in [1.165, 1.54) is 25.0 Å². The fourth-order valence-corrected chi connectivity index (χ4v) is 4.27. The van der Waals surface area contributed by atoms with Crippen LogP contribution in [0.1, 0.15) is 30.1 Å². The molecule has 4 aromatic rings. The van der Waals surface area contributed by atoms with Crippen LogP contribution in [0.15, 0.2) is 57.6 Å². The van der Waals surface area contributed by atoms with E-state index in [1.54, 1.807) is 36.4 Å². The Morgan fingerprint density at radius 3 is 2.56 bits per heavy atom. The first-order chi connectivity index (χ1) is 17.4. The molecule has 0 bridgehead atoms. The van der Waals surface area contributed by atoms with Crippen molar-refractivity contribution < 1.29 is 32.1 Å². The van der Waals surface area contributed by atoms with E-state index in [2.05, 4.69) is 20.6 Å². The highest BCUT2D eigenvalue weighted by Gasteiger charge is 2.43. The Balaban J connectivity index is 1.29. The number of ether oxygens (including phenoxy) is 1. The van der Waals surface area contributed by atoms with Gasteiger partial charge < -0.3 is 24.2 Å². The molecule has 0 spiro atoms. The maximum Gasteiger partial charge on any atom is 0.422 e. The summed E-state index contributed by atoms with van der Waals surface area (Å²) < 4.78 is 57.9. The molecule has 2 aromatic carbocycles. The first-order valence-corrected chi connectivity index (χ1v) is 11.5. The topological polar surface area (TPSA) is 106 Å². The zero-order chi connectivity index (χ0) is 24.9. The third-order valence-electron chi connectivity index (χ3n) is 6.40. The van der Waals surface area contributed by atoms with Crippen LogP contribution in [-0.2, 0) is 6.18 Å². The molecule has 1 aliphatic carbocycles. The number of nitrogens with one attached hydrogen (secondary N) is 1. The number of aromatic nitrogens is 3. The van der Waals surface area contributed by atoms with Crippen LogP contribution < -0.4 is 10.1 Å². The maximum atomic E-state index is 14.0. The van der Waals surface area contributed by atoms with E-state index in [0.29, 0.717) is 22.8 Å². The van der Waals surface area contributed by atoms with Crippen molar-refractivity contribution in [2.75, 3.05) is 13.2 Å². The van der Waals surface area contributed by atoms with Crippen molar-refractivity contribution in [3.05, 3.63) is 59.7 Å². The predicted molar refractivity (Wildman–Crippen MR) is 121 cm³/mol. The fraction of sp³-hybridized carbons (Fsp3) is 0.320. The van der Waals surface area contributed by atoms with Crippen LogP contribution in [-0.4, -0.2) is 39.6 Å². The molecular formula is C25H21F3N4O4. The molecule has 6 rings (SSSR count). The lowest BCUT2D eigenvalue weighted by molar-refractivity contribution is -0.136. The summed E-state index contributed by atoms with van der Waals surface area (Å²) in [4.78, 5) is 4.13. The standard InChI is InChI=1S/C25H21F3N4O4/c26-25(27,28)19-20(14-4-2-1-3-5-14)31-35-22(19)24-30-23(32-36-24)15-8-9-16-18(10-15)34-12-17(21(16)33)29-11-13-6-7-13/h1-5,8-10,13,17,21,29,33H,6-7,11-12H2/t17-,21+/m0/s1. The summed E-state index contributed by atoms with van der Waals surface area (Å²) in [7, 11) is 0. The molecule has 2 N–H and O–H groups in total. The Morgan fingerprint density at radius 2 is 1.81 bits per heavy atom. The summed E-state index contributed by atoms with van der Waals surface area (Å²) in [6.07, 6.45) is -3.11. The minimum atomic E-state index is -4.77. The second-order valence-corrected chi connectivity index (χ2v) is 8.99. The van der Waals surface area contributed by atoms with Gasteiger partial charge in [0, 0.05) is 16.7 Å². The molecule has 1 saturated carbocycles. The summed E-state index contributed by atoms with van der Waals surface area (Å²) in [6, 6.07) is 12.7. The number of fused-ring (bicyclic) bond motifs is 1. The van der Waals surface area contributed by atoms with Gasteiger partial charge in [-0.2, -0.15) is 18.2 Å². The normalized spacial score (nSPS) is 19.7. The SMILES string of the molecule is O[C@@H]1c2ccc(-c3noc(-c4onc(-c5ccccc5)c4C(F)(F)F)n3)cc2OC[C@@H]1NCC1CC1. The van der Waals surface area contributed by atoms with E-state index >= 15 is 0 Å². The van der Waals surface area contributed by atoms with Gasteiger partial charge in [-0.25, -0.2) is 0 Å². The van der Waals surface area contributed by atoms with Gasteiger partial charge >= 0.3 is 6.18 Å². The highest BCUT2D eigenvalue weighted by atomic mass is 19.4. The van der Waals surface area contributed by atoms with E-state index in [0.717, 1.165) is 6.54 Å². The monoisotopic (exact) mass is 498 g/mol. The molecule has 1 aliphatic heterocycles. The van der Waals surface area contributed by atoms with Crippen molar-refractivity contribution in [1.29, 1.82) is 0 Å².